The summed E-state index contributed by atoms with van der Waals surface area (Å²) in [5.41, 5.74) is 1.82. The van der Waals surface area contributed by atoms with Gasteiger partial charge in [0, 0.05) is 31.9 Å². The van der Waals surface area contributed by atoms with Crippen LogP contribution in [-0.2, 0) is 4.74 Å². The summed E-state index contributed by atoms with van der Waals surface area (Å²) in [5, 5.41) is 7.37. The minimum absolute atomic E-state index is 0.0119. The van der Waals surface area contributed by atoms with Crippen molar-refractivity contribution in [1.29, 1.82) is 0 Å². The van der Waals surface area contributed by atoms with Crippen LogP contribution < -0.4 is 10.3 Å². The van der Waals surface area contributed by atoms with Crippen LogP contribution >= 0.6 is 11.3 Å². The molecule has 0 unspecified atom stereocenters. The Morgan fingerprint density at radius 3 is 2.75 bits per heavy atom. The Kier molecular flexibility index (Phi) is 7.60. The summed E-state index contributed by atoms with van der Waals surface area (Å²) < 4.78 is 13.8. The fraction of sp³-hybridized carbons (Fsp3) is 0.520. The Morgan fingerprint density at radius 1 is 1.19 bits per heavy atom. The van der Waals surface area contributed by atoms with Gasteiger partial charge in [-0.1, -0.05) is 0 Å². The van der Waals surface area contributed by atoms with E-state index in [0.29, 0.717) is 12.6 Å². The lowest BCUT2D eigenvalue weighted by Gasteiger charge is -2.24. The summed E-state index contributed by atoms with van der Waals surface area (Å²) in [6.07, 6.45) is 4.70. The normalized spacial score (nSPS) is 16.9. The molecule has 0 radical (unpaired) electrons. The van der Waals surface area contributed by atoms with Gasteiger partial charge in [0.2, 0.25) is 0 Å². The highest BCUT2D eigenvalue weighted by molar-refractivity contribution is 7.17. The quantitative estimate of drug-likeness (QED) is 0.404. The summed E-state index contributed by atoms with van der Waals surface area (Å²) in [4.78, 5) is 15.2. The molecule has 1 fully saturated rings. The van der Waals surface area contributed by atoms with Crippen LogP contribution in [0.4, 0.5) is 0 Å². The first-order chi connectivity index (χ1) is 15.6. The number of thiophene rings is 1. The van der Waals surface area contributed by atoms with Gasteiger partial charge in [-0.3, -0.25) is 4.79 Å². The molecule has 0 amide bonds. The van der Waals surface area contributed by atoms with E-state index in [9.17, 15) is 4.79 Å². The van der Waals surface area contributed by atoms with E-state index < -0.39 is 0 Å². The third kappa shape index (κ3) is 5.05. The summed E-state index contributed by atoms with van der Waals surface area (Å²) in [5.74, 6) is 0.866. The number of fused-ring (bicyclic) bond motifs is 1. The molecule has 0 N–H and O–H groups in total. The summed E-state index contributed by atoms with van der Waals surface area (Å²) in [6.45, 7) is 7.77. The fourth-order valence-corrected chi connectivity index (χ4v) is 5.35. The van der Waals surface area contributed by atoms with Gasteiger partial charge in [-0.2, -0.15) is 5.10 Å². The van der Waals surface area contributed by atoms with Crippen LogP contribution in [-0.4, -0.2) is 54.1 Å². The molecule has 0 saturated carbocycles. The molecule has 1 atom stereocenters. The Balaban J connectivity index is 1.37. The van der Waals surface area contributed by atoms with Crippen molar-refractivity contribution >= 4 is 21.4 Å². The molecule has 6 nitrogen and oxygen atoms in total. The zero-order chi connectivity index (χ0) is 22.5. The highest BCUT2D eigenvalue weighted by atomic mass is 32.1. The number of ether oxygens (including phenoxy) is 2. The van der Waals surface area contributed by atoms with Gasteiger partial charge in [-0.15, -0.1) is 11.3 Å². The first-order valence-corrected chi connectivity index (χ1v) is 12.4. The maximum Gasteiger partial charge on any atom is 0.275 e. The van der Waals surface area contributed by atoms with Crippen LogP contribution in [0.25, 0.3) is 21.3 Å². The lowest BCUT2D eigenvalue weighted by atomic mass is 10.1. The molecule has 0 bridgehead atoms. The maximum absolute atomic E-state index is 12.7. The Hall–Kier alpha value is -2.22. The largest absolute Gasteiger partial charge is 0.494 e. The van der Waals surface area contributed by atoms with E-state index in [2.05, 4.69) is 10.00 Å². The molecule has 2 aromatic heterocycles. The van der Waals surface area contributed by atoms with E-state index in [4.69, 9.17) is 9.47 Å². The van der Waals surface area contributed by atoms with Gasteiger partial charge < -0.3 is 14.4 Å². The average molecular weight is 456 g/mol. The predicted molar refractivity (Wildman–Crippen MR) is 131 cm³/mol. The molecule has 0 aliphatic carbocycles. The lowest BCUT2D eigenvalue weighted by molar-refractivity contribution is 0.148. The number of rotatable bonds is 10. The molecule has 1 aromatic carbocycles. The Morgan fingerprint density at radius 2 is 2.00 bits per heavy atom. The molecular formula is C25H33N3O3S. The van der Waals surface area contributed by atoms with E-state index in [-0.39, 0.29) is 11.6 Å². The van der Waals surface area contributed by atoms with Crippen LogP contribution in [0.3, 0.4) is 0 Å². The number of hydrogen-bond donors (Lipinski definition) is 0. The monoisotopic (exact) mass is 455 g/mol. The summed E-state index contributed by atoms with van der Waals surface area (Å²) in [6, 6.07) is 10.6. The molecule has 0 spiro atoms. The highest BCUT2D eigenvalue weighted by Crippen LogP contribution is 2.30. The van der Waals surface area contributed by atoms with Crippen molar-refractivity contribution in [1.82, 2.24) is 14.7 Å². The van der Waals surface area contributed by atoms with Gasteiger partial charge in [0.15, 0.2) is 0 Å². The minimum atomic E-state index is -0.0255. The van der Waals surface area contributed by atoms with Crippen molar-refractivity contribution in [3.8, 4) is 17.0 Å². The second-order valence-corrected chi connectivity index (χ2v) is 9.61. The summed E-state index contributed by atoms with van der Waals surface area (Å²) >= 11 is 1.56. The number of aromatic nitrogens is 2. The van der Waals surface area contributed by atoms with Gasteiger partial charge in [0.25, 0.3) is 5.56 Å². The molecule has 3 aromatic rings. The standard InChI is InChI=1S/C25H33N3O3S/c1-18(2)28-25(29)22-12-17-32-24(22)23(26-28)19-7-9-21(10-8-19)31-15-5-14-27-13-4-6-20(27)11-16-30-3/h7-10,12,17-18,20H,4-6,11,13-16H2,1-3H3/t20-/m0/s1. The average Bonchev–Trinajstić information content (AvgIpc) is 3.46. The molecule has 3 heterocycles. The molecule has 4 rings (SSSR count). The Bertz CT molecular complexity index is 1070. The number of nitrogens with zero attached hydrogens (tertiary/aromatic N) is 3. The minimum Gasteiger partial charge on any atom is -0.494 e. The number of hydrogen-bond acceptors (Lipinski definition) is 6. The number of benzene rings is 1. The molecule has 7 heteroatoms. The number of methoxy groups -OCH3 is 1. The van der Waals surface area contributed by atoms with Crippen LogP contribution in [0.15, 0.2) is 40.5 Å². The first kappa shape index (κ1) is 23.0. The van der Waals surface area contributed by atoms with Crippen LogP contribution in [0, 0.1) is 0 Å². The molecular weight excluding hydrogens is 422 g/mol. The van der Waals surface area contributed by atoms with Crippen molar-refractivity contribution in [2.75, 3.05) is 33.4 Å². The maximum atomic E-state index is 12.7. The van der Waals surface area contributed by atoms with Crippen LogP contribution in [0.5, 0.6) is 5.75 Å². The van der Waals surface area contributed by atoms with Gasteiger partial charge in [0.05, 0.1) is 22.7 Å². The molecule has 1 aliphatic heterocycles. The van der Waals surface area contributed by atoms with E-state index in [1.807, 2.05) is 49.6 Å². The zero-order valence-electron chi connectivity index (χ0n) is 19.3. The topological polar surface area (TPSA) is 56.6 Å². The fourth-order valence-electron chi connectivity index (χ4n) is 4.46. The molecule has 172 valence electrons. The second kappa shape index (κ2) is 10.6. The van der Waals surface area contributed by atoms with E-state index in [1.54, 1.807) is 23.1 Å². The molecule has 1 aliphatic rings. The third-order valence-corrected chi connectivity index (χ3v) is 7.08. The van der Waals surface area contributed by atoms with Crippen LogP contribution in [0.2, 0.25) is 0 Å². The van der Waals surface area contributed by atoms with Crippen molar-refractivity contribution in [2.24, 2.45) is 0 Å². The third-order valence-electron chi connectivity index (χ3n) is 6.16. The number of likely N-dealkylation sites (tertiary alicyclic amines) is 1. The van der Waals surface area contributed by atoms with Gasteiger partial charge >= 0.3 is 0 Å². The van der Waals surface area contributed by atoms with Crippen LogP contribution in [0.1, 0.15) is 45.6 Å². The lowest BCUT2D eigenvalue weighted by Crippen LogP contribution is -2.32. The van der Waals surface area contributed by atoms with Gasteiger partial charge in [-0.05, 0) is 81.8 Å². The smallest absolute Gasteiger partial charge is 0.275 e. The van der Waals surface area contributed by atoms with Gasteiger partial charge in [-0.25, -0.2) is 4.68 Å². The van der Waals surface area contributed by atoms with Crippen molar-refractivity contribution in [2.45, 2.75) is 51.6 Å². The van der Waals surface area contributed by atoms with E-state index >= 15 is 0 Å². The van der Waals surface area contributed by atoms with E-state index in [0.717, 1.165) is 53.1 Å². The Labute approximate surface area is 193 Å². The highest BCUT2D eigenvalue weighted by Gasteiger charge is 2.23. The SMILES string of the molecule is COCC[C@@H]1CCCN1CCCOc1ccc(-c2nn(C(C)C)c(=O)c3ccsc23)cc1. The summed E-state index contributed by atoms with van der Waals surface area (Å²) in [7, 11) is 1.78. The first-order valence-electron chi connectivity index (χ1n) is 11.5. The second-order valence-electron chi connectivity index (χ2n) is 8.70. The molecule has 32 heavy (non-hydrogen) atoms. The van der Waals surface area contributed by atoms with Gasteiger partial charge in [0.1, 0.15) is 11.4 Å². The molecule has 1 saturated heterocycles. The predicted octanol–water partition coefficient (Wildman–Crippen LogP) is 4.98. The van der Waals surface area contributed by atoms with Crippen molar-refractivity contribution < 1.29 is 9.47 Å². The van der Waals surface area contributed by atoms with Crippen molar-refractivity contribution in [3.05, 3.63) is 46.1 Å². The van der Waals surface area contributed by atoms with E-state index in [1.165, 1.54) is 19.4 Å². The zero-order valence-corrected chi connectivity index (χ0v) is 20.1. The van der Waals surface area contributed by atoms with Crippen molar-refractivity contribution in [3.63, 3.8) is 0 Å².